The van der Waals surface area contributed by atoms with Crippen LogP contribution in [-0.2, 0) is 13.1 Å². The van der Waals surface area contributed by atoms with Gasteiger partial charge in [0.2, 0.25) is 0 Å². The zero-order valence-corrected chi connectivity index (χ0v) is 12.1. The Kier molecular flexibility index (Phi) is 6.41. The molecule has 1 rings (SSSR count). The summed E-state index contributed by atoms with van der Waals surface area (Å²) in [7, 11) is 0. The lowest BCUT2D eigenvalue weighted by Crippen LogP contribution is -2.40. The summed E-state index contributed by atoms with van der Waals surface area (Å²) in [6.45, 7) is 8.12. The van der Waals surface area contributed by atoms with Crippen LogP contribution in [0.5, 0.6) is 0 Å². The van der Waals surface area contributed by atoms with E-state index in [0.717, 1.165) is 12.1 Å². The first kappa shape index (κ1) is 16.1. The lowest BCUT2D eigenvalue weighted by atomic mass is 9.85. The summed E-state index contributed by atoms with van der Waals surface area (Å²) in [5.74, 6) is 0. The van der Waals surface area contributed by atoms with Crippen LogP contribution in [0.25, 0.3) is 0 Å². The highest BCUT2D eigenvalue weighted by Gasteiger charge is 2.23. The van der Waals surface area contributed by atoms with E-state index in [1.54, 1.807) is 4.68 Å². The van der Waals surface area contributed by atoms with Crippen LogP contribution >= 0.6 is 0 Å². The average Bonchev–Trinajstić information content (AvgIpc) is 2.78. The second kappa shape index (κ2) is 7.57. The summed E-state index contributed by atoms with van der Waals surface area (Å²) in [5.41, 5.74) is 0.973. The van der Waals surface area contributed by atoms with Crippen molar-refractivity contribution in [2.45, 2.75) is 52.7 Å². The summed E-state index contributed by atoms with van der Waals surface area (Å²) >= 11 is 0. The molecule has 3 N–H and O–H groups in total. The molecule has 1 aromatic heterocycles. The summed E-state index contributed by atoms with van der Waals surface area (Å²) in [4.78, 5) is 0. The lowest BCUT2D eigenvalue weighted by Gasteiger charge is -2.31. The maximum atomic E-state index is 9.10. The van der Waals surface area contributed by atoms with Crippen molar-refractivity contribution in [2.75, 3.05) is 13.2 Å². The van der Waals surface area contributed by atoms with Crippen LogP contribution in [0.1, 0.15) is 39.3 Å². The maximum absolute atomic E-state index is 9.10. The molecule has 0 bridgehead atoms. The first-order chi connectivity index (χ1) is 8.97. The van der Waals surface area contributed by atoms with Crippen molar-refractivity contribution in [3.8, 4) is 0 Å². The van der Waals surface area contributed by atoms with Crippen molar-refractivity contribution < 1.29 is 10.2 Å². The number of aryl methyl sites for hydroxylation is 1. The minimum Gasteiger partial charge on any atom is -0.396 e. The average molecular weight is 270 g/mol. The molecule has 0 spiro atoms. The molecule has 0 saturated carbocycles. The molecule has 0 fully saturated rings. The highest BCUT2D eigenvalue weighted by atomic mass is 16.3. The number of hydrogen-bond acceptors (Lipinski definition) is 5. The van der Waals surface area contributed by atoms with Crippen LogP contribution < -0.4 is 5.32 Å². The van der Waals surface area contributed by atoms with Gasteiger partial charge in [0.15, 0.2) is 0 Å². The number of hydrogen-bond donors (Lipinski definition) is 3. The fraction of sp³-hybridized carbons (Fsp3) is 0.846. The molecule has 110 valence electrons. The normalized spacial score (nSPS) is 13.7. The number of aliphatic hydroxyl groups excluding tert-OH is 2. The molecular weight excluding hydrogens is 244 g/mol. The SMILES string of the molecule is CC(C)(C)C(CCO)NCc1cn(CCCO)nn1. The second-order valence-electron chi connectivity index (χ2n) is 5.86. The number of nitrogens with one attached hydrogen (secondary N) is 1. The van der Waals surface area contributed by atoms with Crippen molar-refractivity contribution >= 4 is 0 Å². The van der Waals surface area contributed by atoms with Crippen LogP contribution in [0, 0.1) is 5.41 Å². The van der Waals surface area contributed by atoms with E-state index < -0.39 is 0 Å². The molecule has 1 unspecified atom stereocenters. The molecule has 1 aromatic rings. The first-order valence-electron chi connectivity index (χ1n) is 6.81. The molecular formula is C13H26N4O2. The van der Waals surface area contributed by atoms with Crippen molar-refractivity contribution in [3.05, 3.63) is 11.9 Å². The Morgan fingerprint density at radius 3 is 2.63 bits per heavy atom. The molecule has 6 nitrogen and oxygen atoms in total. The van der Waals surface area contributed by atoms with Gasteiger partial charge in [0, 0.05) is 38.5 Å². The number of aliphatic hydroxyl groups is 2. The Morgan fingerprint density at radius 2 is 2.05 bits per heavy atom. The third-order valence-corrected chi connectivity index (χ3v) is 3.12. The van der Waals surface area contributed by atoms with Gasteiger partial charge in [0.25, 0.3) is 0 Å². The quantitative estimate of drug-likeness (QED) is 0.642. The van der Waals surface area contributed by atoms with Crippen LogP contribution in [0.2, 0.25) is 0 Å². The molecule has 0 amide bonds. The predicted octanol–water partition coefficient (Wildman–Crippen LogP) is 0.547. The molecule has 1 heterocycles. The third kappa shape index (κ3) is 5.67. The molecule has 1 atom stereocenters. The second-order valence-corrected chi connectivity index (χ2v) is 5.86. The molecule has 0 radical (unpaired) electrons. The standard InChI is InChI=1S/C13H26N4O2/c1-13(2,3)12(5-8-19)14-9-11-10-17(16-15-11)6-4-7-18/h10,12,14,18-19H,4-9H2,1-3H3. The smallest absolute Gasteiger partial charge is 0.0964 e. The van der Waals surface area contributed by atoms with Gasteiger partial charge in [-0.1, -0.05) is 26.0 Å². The number of aromatic nitrogens is 3. The molecule has 0 aromatic carbocycles. The van der Waals surface area contributed by atoms with Gasteiger partial charge < -0.3 is 15.5 Å². The van der Waals surface area contributed by atoms with Gasteiger partial charge in [-0.25, -0.2) is 0 Å². The molecule has 0 aliphatic rings. The van der Waals surface area contributed by atoms with Gasteiger partial charge in [-0.15, -0.1) is 5.10 Å². The van der Waals surface area contributed by atoms with E-state index >= 15 is 0 Å². The van der Waals surface area contributed by atoms with Crippen molar-refractivity contribution in [1.29, 1.82) is 0 Å². The van der Waals surface area contributed by atoms with Crippen LogP contribution in [-0.4, -0.2) is 44.5 Å². The van der Waals surface area contributed by atoms with Gasteiger partial charge >= 0.3 is 0 Å². The minimum atomic E-state index is 0.0929. The number of nitrogens with zero attached hydrogens (tertiary/aromatic N) is 3. The predicted molar refractivity (Wildman–Crippen MR) is 73.5 cm³/mol. The highest BCUT2D eigenvalue weighted by Crippen LogP contribution is 2.21. The highest BCUT2D eigenvalue weighted by molar-refractivity contribution is 4.93. The van der Waals surface area contributed by atoms with Gasteiger partial charge in [-0.3, -0.25) is 4.68 Å². The van der Waals surface area contributed by atoms with E-state index in [-0.39, 0.29) is 24.7 Å². The topological polar surface area (TPSA) is 83.2 Å². The third-order valence-electron chi connectivity index (χ3n) is 3.12. The fourth-order valence-corrected chi connectivity index (χ4v) is 1.96. The Labute approximate surface area is 114 Å². The van der Waals surface area contributed by atoms with Crippen molar-refractivity contribution in [1.82, 2.24) is 20.3 Å². The van der Waals surface area contributed by atoms with Gasteiger partial charge in [-0.05, 0) is 18.3 Å². The number of rotatable bonds is 8. The minimum absolute atomic E-state index is 0.0929. The fourth-order valence-electron chi connectivity index (χ4n) is 1.96. The van der Waals surface area contributed by atoms with Gasteiger partial charge in [-0.2, -0.15) is 0 Å². The van der Waals surface area contributed by atoms with Gasteiger partial charge in [0.1, 0.15) is 0 Å². The summed E-state index contributed by atoms with van der Waals surface area (Å²) in [6.07, 6.45) is 3.30. The van der Waals surface area contributed by atoms with E-state index in [9.17, 15) is 0 Å². The first-order valence-corrected chi connectivity index (χ1v) is 6.81. The largest absolute Gasteiger partial charge is 0.396 e. The van der Waals surface area contributed by atoms with Crippen LogP contribution in [0.15, 0.2) is 6.20 Å². The zero-order chi connectivity index (χ0) is 14.3. The van der Waals surface area contributed by atoms with E-state index in [1.165, 1.54) is 0 Å². The van der Waals surface area contributed by atoms with Crippen molar-refractivity contribution in [2.24, 2.45) is 5.41 Å². The van der Waals surface area contributed by atoms with E-state index in [0.29, 0.717) is 19.5 Å². The Balaban J connectivity index is 2.47. The lowest BCUT2D eigenvalue weighted by molar-refractivity contribution is 0.196. The van der Waals surface area contributed by atoms with E-state index in [4.69, 9.17) is 10.2 Å². The molecule has 0 aliphatic carbocycles. The molecule has 0 saturated heterocycles. The Hall–Kier alpha value is -0.980. The Bertz CT molecular complexity index is 360. The monoisotopic (exact) mass is 270 g/mol. The molecule has 0 aliphatic heterocycles. The van der Waals surface area contributed by atoms with E-state index in [2.05, 4.69) is 36.4 Å². The zero-order valence-electron chi connectivity index (χ0n) is 12.1. The van der Waals surface area contributed by atoms with Gasteiger partial charge in [0.05, 0.1) is 5.69 Å². The van der Waals surface area contributed by atoms with E-state index in [1.807, 2.05) is 6.20 Å². The molecule has 19 heavy (non-hydrogen) atoms. The summed E-state index contributed by atoms with van der Waals surface area (Å²) in [5, 5.41) is 29.4. The van der Waals surface area contributed by atoms with Crippen LogP contribution in [0.3, 0.4) is 0 Å². The van der Waals surface area contributed by atoms with Crippen LogP contribution in [0.4, 0.5) is 0 Å². The summed E-state index contributed by atoms with van der Waals surface area (Å²) < 4.78 is 1.74. The Morgan fingerprint density at radius 1 is 1.32 bits per heavy atom. The summed E-state index contributed by atoms with van der Waals surface area (Å²) in [6, 6.07) is 0.236. The van der Waals surface area contributed by atoms with Crippen molar-refractivity contribution in [3.63, 3.8) is 0 Å². The molecule has 6 heteroatoms. The maximum Gasteiger partial charge on any atom is 0.0964 e.